The van der Waals surface area contributed by atoms with Crippen LogP contribution in [0.5, 0.6) is 0 Å². The lowest BCUT2D eigenvalue weighted by Gasteiger charge is -2.24. The average Bonchev–Trinajstić information content (AvgIpc) is 2.62. The van der Waals surface area contributed by atoms with E-state index in [0.717, 1.165) is 5.56 Å². The molecule has 1 aromatic heterocycles. The highest BCUT2D eigenvalue weighted by Crippen LogP contribution is 2.11. The van der Waals surface area contributed by atoms with E-state index in [9.17, 15) is 14.8 Å². The van der Waals surface area contributed by atoms with Gasteiger partial charge in [-0.2, -0.15) is 0 Å². The second kappa shape index (κ2) is 9.89. The molecule has 0 aliphatic heterocycles. The Labute approximate surface area is 154 Å². The molecule has 26 heavy (non-hydrogen) atoms. The fourth-order valence-electron chi connectivity index (χ4n) is 2.66. The van der Waals surface area contributed by atoms with E-state index >= 15 is 0 Å². The number of nitrogens with zero attached hydrogens (tertiary/aromatic N) is 2. The van der Waals surface area contributed by atoms with Crippen LogP contribution in [-0.2, 0) is 11.2 Å². The summed E-state index contributed by atoms with van der Waals surface area (Å²) in [7, 11) is -1.62. The smallest absolute Gasteiger partial charge is 0.426 e. The Morgan fingerprint density at radius 1 is 1.19 bits per heavy atom. The van der Waals surface area contributed by atoms with E-state index in [-0.39, 0.29) is 11.8 Å². The van der Waals surface area contributed by atoms with E-state index in [4.69, 9.17) is 0 Å². The Morgan fingerprint density at radius 3 is 2.50 bits per heavy atom. The SMILES string of the molecule is CC(C)C[C@H](NC(=O)[C@H](Cc1ccccc1)Nc1cnccn1)B(O)O. The number of anilines is 1. The molecular formula is C18H25BN4O3. The lowest BCUT2D eigenvalue weighted by Crippen LogP contribution is -2.52. The van der Waals surface area contributed by atoms with Crippen LogP contribution in [0, 0.1) is 5.92 Å². The van der Waals surface area contributed by atoms with Gasteiger partial charge in [-0.25, -0.2) is 4.98 Å². The molecule has 0 bridgehead atoms. The molecule has 4 N–H and O–H groups in total. The van der Waals surface area contributed by atoms with Crippen molar-refractivity contribution in [2.45, 2.75) is 38.7 Å². The van der Waals surface area contributed by atoms with Crippen LogP contribution in [0.15, 0.2) is 48.9 Å². The molecule has 0 saturated carbocycles. The third-order valence-electron chi connectivity index (χ3n) is 3.90. The van der Waals surface area contributed by atoms with Gasteiger partial charge in [0.15, 0.2) is 0 Å². The lowest BCUT2D eigenvalue weighted by molar-refractivity contribution is -0.122. The minimum absolute atomic E-state index is 0.211. The van der Waals surface area contributed by atoms with Crippen LogP contribution >= 0.6 is 0 Å². The van der Waals surface area contributed by atoms with E-state index in [1.54, 1.807) is 12.4 Å². The number of hydrogen-bond acceptors (Lipinski definition) is 6. The molecule has 2 atom stereocenters. The van der Waals surface area contributed by atoms with Crippen molar-refractivity contribution in [1.29, 1.82) is 0 Å². The van der Waals surface area contributed by atoms with Crippen molar-refractivity contribution in [1.82, 2.24) is 15.3 Å². The summed E-state index contributed by atoms with van der Waals surface area (Å²) in [5, 5.41) is 25.0. The molecule has 0 spiro atoms. The largest absolute Gasteiger partial charge is 0.475 e. The minimum Gasteiger partial charge on any atom is -0.426 e. The third kappa shape index (κ3) is 6.46. The van der Waals surface area contributed by atoms with E-state index < -0.39 is 19.1 Å². The number of aromatic nitrogens is 2. The van der Waals surface area contributed by atoms with Gasteiger partial charge >= 0.3 is 7.12 Å². The van der Waals surface area contributed by atoms with Crippen LogP contribution in [0.4, 0.5) is 5.82 Å². The standard InChI is InChI=1S/C18H25BN4O3/c1-13(2)10-16(19(25)26)23-18(24)15(11-14-6-4-3-5-7-14)22-17-12-20-8-9-21-17/h3-9,12-13,15-16,25-26H,10-11H2,1-2H3,(H,21,22)(H,23,24)/t15-,16-/m0/s1. The first-order valence-corrected chi connectivity index (χ1v) is 8.68. The highest BCUT2D eigenvalue weighted by Gasteiger charge is 2.29. The van der Waals surface area contributed by atoms with Gasteiger partial charge in [-0.15, -0.1) is 0 Å². The van der Waals surface area contributed by atoms with E-state index in [1.807, 2.05) is 44.2 Å². The predicted octanol–water partition coefficient (Wildman–Crippen LogP) is 1.04. The second-order valence-corrected chi connectivity index (χ2v) is 6.64. The first-order valence-electron chi connectivity index (χ1n) is 8.68. The molecule has 1 aromatic carbocycles. The first kappa shape index (κ1) is 19.9. The second-order valence-electron chi connectivity index (χ2n) is 6.64. The lowest BCUT2D eigenvalue weighted by atomic mass is 9.75. The molecule has 0 fully saturated rings. The van der Waals surface area contributed by atoms with Crippen LogP contribution in [-0.4, -0.2) is 45.0 Å². The van der Waals surface area contributed by atoms with Gasteiger partial charge in [0.1, 0.15) is 11.9 Å². The van der Waals surface area contributed by atoms with Gasteiger partial charge in [0.05, 0.1) is 12.1 Å². The van der Waals surface area contributed by atoms with Crippen LogP contribution in [0.1, 0.15) is 25.8 Å². The quantitative estimate of drug-likeness (QED) is 0.500. The Bertz CT molecular complexity index is 629. The minimum atomic E-state index is -1.62. The molecule has 138 valence electrons. The van der Waals surface area contributed by atoms with Crippen molar-refractivity contribution < 1.29 is 14.8 Å². The number of amides is 1. The van der Waals surface area contributed by atoms with E-state index in [0.29, 0.717) is 18.7 Å². The van der Waals surface area contributed by atoms with Crippen molar-refractivity contribution in [2.24, 2.45) is 5.92 Å². The molecule has 0 saturated heterocycles. The summed E-state index contributed by atoms with van der Waals surface area (Å²) < 4.78 is 0. The van der Waals surface area contributed by atoms with Crippen molar-refractivity contribution >= 4 is 18.8 Å². The first-order chi connectivity index (χ1) is 12.5. The number of benzene rings is 1. The topological polar surface area (TPSA) is 107 Å². The zero-order chi connectivity index (χ0) is 18.9. The number of nitrogens with one attached hydrogen (secondary N) is 2. The molecule has 1 heterocycles. The maximum atomic E-state index is 12.8. The van der Waals surface area contributed by atoms with Crippen LogP contribution in [0.2, 0.25) is 0 Å². The summed E-state index contributed by atoms with van der Waals surface area (Å²) >= 11 is 0. The summed E-state index contributed by atoms with van der Waals surface area (Å²) in [6.07, 6.45) is 5.53. The van der Waals surface area contributed by atoms with E-state index in [1.165, 1.54) is 6.20 Å². The van der Waals surface area contributed by atoms with Crippen molar-refractivity contribution in [3.8, 4) is 0 Å². The molecule has 0 radical (unpaired) electrons. The number of hydrogen-bond donors (Lipinski definition) is 4. The summed E-state index contributed by atoms with van der Waals surface area (Å²) in [4.78, 5) is 21.0. The van der Waals surface area contributed by atoms with Crippen LogP contribution < -0.4 is 10.6 Å². The van der Waals surface area contributed by atoms with Crippen molar-refractivity contribution in [3.63, 3.8) is 0 Å². The Kier molecular flexibility index (Phi) is 7.56. The van der Waals surface area contributed by atoms with Crippen LogP contribution in [0.3, 0.4) is 0 Å². The summed E-state index contributed by atoms with van der Waals surface area (Å²) in [6, 6.07) is 8.98. The Balaban J connectivity index is 2.14. The molecule has 0 aliphatic carbocycles. The van der Waals surface area contributed by atoms with Gasteiger partial charge in [-0.3, -0.25) is 9.78 Å². The average molecular weight is 356 g/mol. The number of rotatable bonds is 9. The predicted molar refractivity (Wildman–Crippen MR) is 101 cm³/mol. The Morgan fingerprint density at radius 2 is 1.92 bits per heavy atom. The van der Waals surface area contributed by atoms with Crippen molar-refractivity contribution in [2.75, 3.05) is 5.32 Å². The van der Waals surface area contributed by atoms with E-state index in [2.05, 4.69) is 20.6 Å². The molecule has 2 rings (SSSR count). The maximum absolute atomic E-state index is 12.8. The number of carbonyl (C=O) groups is 1. The summed E-state index contributed by atoms with van der Waals surface area (Å²) in [5.74, 6) is -0.362. The van der Waals surface area contributed by atoms with Gasteiger partial charge in [0.25, 0.3) is 0 Å². The molecule has 7 nitrogen and oxygen atoms in total. The van der Waals surface area contributed by atoms with Gasteiger partial charge in [-0.05, 0) is 17.9 Å². The van der Waals surface area contributed by atoms with Gasteiger partial charge in [0.2, 0.25) is 5.91 Å². The maximum Gasteiger partial charge on any atom is 0.475 e. The third-order valence-corrected chi connectivity index (χ3v) is 3.90. The highest BCUT2D eigenvalue weighted by molar-refractivity contribution is 6.43. The Hall–Kier alpha value is -2.45. The normalized spacial score (nSPS) is 13.1. The monoisotopic (exact) mass is 356 g/mol. The zero-order valence-corrected chi connectivity index (χ0v) is 15.0. The van der Waals surface area contributed by atoms with Crippen molar-refractivity contribution in [3.05, 3.63) is 54.5 Å². The molecule has 0 aliphatic rings. The van der Waals surface area contributed by atoms with Crippen LogP contribution in [0.25, 0.3) is 0 Å². The zero-order valence-electron chi connectivity index (χ0n) is 15.0. The highest BCUT2D eigenvalue weighted by atomic mass is 16.4. The molecular weight excluding hydrogens is 331 g/mol. The van der Waals surface area contributed by atoms with Gasteiger partial charge in [-0.1, -0.05) is 44.2 Å². The van der Waals surface area contributed by atoms with Gasteiger partial charge < -0.3 is 20.7 Å². The number of carbonyl (C=O) groups excluding carboxylic acids is 1. The summed E-state index contributed by atoms with van der Waals surface area (Å²) in [5.41, 5.74) is 0.981. The van der Waals surface area contributed by atoms with Gasteiger partial charge in [0, 0.05) is 18.8 Å². The molecule has 0 unspecified atom stereocenters. The summed E-state index contributed by atoms with van der Waals surface area (Å²) in [6.45, 7) is 3.92. The molecule has 1 amide bonds. The fraction of sp³-hybridized carbons (Fsp3) is 0.389. The molecule has 2 aromatic rings. The fourth-order valence-corrected chi connectivity index (χ4v) is 2.66. The molecule has 8 heteroatoms.